The van der Waals surface area contributed by atoms with Crippen LogP contribution in [-0.2, 0) is 0 Å². The third-order valence-electron chi connectivity index (χ3n) is 2.94. The van der Waals surface area contributed by atoms with Crippen molar-refractivity contribution in [3.63, 3.8) is 0 Å². The zero-order valence-electron chi connectivity index (χ0n) is 9.28. The van der Waals surface area contributed by atoms with Crippen molar-refractivity contribution in [2.45, 2.75) is 0 Å². The van der Waals surface area contributed by atoms with Gasteiger partial charge in [0.1, 0.15) is 6.07 Å². The topological polar surface area (TPSA) is 30.3 Å². The number of rotatable bonds is 1. The number of anilines is 1. The second-order valence-electron chi connectivity index (χ2n) is 4.07. The van der Waals surface area contributed by atoms with E-state index in [0.29, 0.717) is 10.6 Å². The zero-order chi connectivity index (χ0) is 11.5. The van der Waals surface area contributed by atoms with Gasteiger partial charge in [-0.1, -0.05) is 11.6 Å². The van der Waals surface area contributed by atoms with E-state index in [9.17, 15) is 0 Å². The molecule has 4 heteroatoms. The van der Waals surface area contributed by atoms with Gasteiger partial charge in [0.15, 0.2) is 0 Å². The van der Waals surface area contributed by atoms with E-state index < -0.39 is 0 Å². The highest BCUT2D eigenvalue weighted by atomic mass is 35.5. The van der Waals surface area contributed by atoms with Crippen LogP contribution in [-0.4, -0.2) is 38.1 Å². The number of piperazine rings is 1. The van der Waals surface area contributed by atoms with Crippen molar-refractivity contribution in [3.05, 3.63) is 28.8 Å². The molecular weight excluding hydrogens is 222 g/mol. The van der Waals surface area contributed by atoms with Crippen molar-refractivity contribution in [2.24, 2.45) is 0 Å². The average Bonchev–Trinajstić information content (AvgIpc) is 2.31. The lowest BCUT2D eigenvalue weighted by atomic mass is 10.2. The molecule has 0 unspecified atom stereocenters. The average molecular weight is 236 g/mol. The molecule has 1 heterocycles. The van der Waals surface area contributed by atoms with E-state index in [4.69, 9.17) is 16.9 Å². The minimum absolute atomic E-state index is 0.528. The summed E-state index contributed by atoms with van der Waals surface area (Å²) in [6.45, 7) is 4.13. The fourth-order valence-corrected chi connectivity index (χ4v) is 2.02. The van der Waals surface area contributed by atoms with Gasteiger partial charge in [-0.3, -0.25) is 0 Å². The fourth-order valence-electron chi connectivity index (χ4n) is 1.86. The third kappa shape index (κ3) is 2.29. The van der Waals surface area contributed by atoms with E-state index in [1.807, 2.05) is 12.1 Å². The molecule has 0 aromatic heterocycles. The molecule has 1 aromatic rings. The first-order chi connectivity index (χ1) is 7.70. The first-order valence-corrected chi connectivity index (χ1v) is 5.71. The standard InChI is InChI=1S/C12H14ClN3/c1-15-4-6-16(7-5-15)11-2-3-12(13)10(8-11)9-14/h2-3,8H,4-7H2,1H3. The molecule has 0 atom stereocenters. The Labute approximate surface area is 101 Å². The lowest BCUT2D eigenvalue weighted by Gasteiger charge is -2.34. The van der Waals surface area contributed by atoms with Crippen LogP contribution < -0.4 is 4.90 Å². The van der Waals surface area contributed by atoms with Crippen LogP contribution in [0.2, 0.25) is 5.02 Å². The number of hydrogen-bond donors (Lipinski definition) is 0. The summed E-state index contributed by atoms with van der Waals surface area (Å²) in [5.74, 6) is 0. The molecule has 1 aliphatic rings. The second-order valence-corrected chi connectivity index (χ2v) is 4.47. The first-order valence-electron chi connectivity index (χ1n) is 5.34. The van der Waals surface area contributed by atoms with Crippen LogP contribution in [0.1, 0.15) is 5.56 Å². The monoisotopic (exact) mass is 235 g/mol. The van der Waals surface area contributed by atoms with Crippen molar-refractivity contribution in [2.75, 3.05) is 38.1 Å². The molecule has 84 valence electrons. The Kier molecular flexibility index (Phi) is 3.33. The van der Waals surface area contributed by atoms with Crippen molar-refractivity contribution >= 4 is 17.3 Å². The summed E-state index contributed by atoms with van der Waals surface area (Å²) >= 11 is 5.91. The number of benzene rings is 1. The quantitative estimate of drug-likeness (QED) is 0.746. The van der Waals surface area contributed by atoms with Crippen LogP contribution in [0.3, 0.4) is 0 Å². The Morgan fingerprint density at radius 1 is 1.25 bits per heavy atom. The lowest BCUT2D eigenvalue weighted by Crippen LogP contribution is -2.44. The SMILES string of the molecule is CN1CCN(c2ccc(Cl)c(C#N)c2)CC1. The second kappa shape index (κ2) is 4.73. The van der Waals surface area contributed by atoms with Crippen LogP contribution in [0.25, 0.3) is 0 Å². The van der Waals surface area contributed by atoms with Gasteiger partial charge >= 0.3 is 0 Å². The number of nitriles is 1. The predicted octanol–water partition coefficient (Wildman–Crippen LogP) is 1.96. The summed E-state index contributed by atoms with van der Waals surface area (Å²) in [4.78, 5) is 4.59. The molecule has 1 aromatic carbocycles. The van der Waals surface area contributed by atoms with Gasteiger partial charge in [0.05, 0.1) is 10.6 Å². The van der Waals surface area contributed by atoms with Gasteiger partial charge in [-0.25, -0.2) is 0 Å². The van der Waals surface area contributed by atoms with E-state index in [1.54, 1.807) is 6.07 Å². The normalized spacial score (nSPS) is 17.2. The van der Waals surface area contributed by atoms with Crippen molar-refractivity contribution in [1.82, 2.24) is 4.90 Å². The van der Waals surface area contributed by atoms with Gasteiger partial charge in [-0.15, -0.1) is 0 Å². The van der Waals surface area contributed by atoms with E-state index >= 15 is 0 Å². The lowest BCUT2D eigenvalue weighted by molar-refractivity contribution is 0.313. The van der Waals surface area contributed by atoms with Gasteiger partial charge in [-0.05, 0) is 25.2 Å². The molecule has 0 bridgehead atoms. The Morgan fingerprint density at radius 2 is 1.94 bits per heavy atom. The van der Waals surface area contributed by atoms with Crippen LogP contribution in [0.4, 0.5) is 5.69 Å². The Balaban J connectivity index is 2.18. The van der Waals surface area contributed by atoms with Gasteiger partial charge in [0, 0.05) is 31.9 Å². The molecular formula is C12H14ClN3. The van der Waals surface area contributed by atoms with Crippen molar-refractivity contribution in [3.8, 4) is 6.07 Å². The maximum absolute atomic E-state index is 8.92. The summed E-state index contributed by atoms with van der Waals surface area (Å²) in [6.07, 6.45) is 0. The summed E-state index contributed by atoms with van der Waals surface area (Å²) in [5.41, 5.74) is 1.65. The molecule has 2 rings (SSSR count). The van der Waals surface area contributed by atoms with Crippen LogP contribution >= 0.6 is 11.6 Å². The molecule has 1 aliphatic heterocycles. The summed E-state index contributed by atoms with van der Waals surface area (Å²) < 4.78 is 0. The van der Waals surface area contributed by atoms with Gasteiger partial charge in [-0.2, -0.15) is 5.26 Å². The smallest absolute Gasteiger partial charge is 0.101 e. The molecule has 1 fully saturated rings. The largest absolute Gasteiger partial charge is 0.369 e. The first kappa shape index (κ1) is 11.3. The molecule has 0 amide bonds. The number of nitrogens with zero attached hydrogens (tertiary/aromatic N) is 3. The molecule has 0 saturated carbocycles. The maximum Gasteiger partial charge on any atom is 0.101 e. The van der Waals surface area contributed by atoms with Crippen molar-refractivity contribution in [1.29, 1.82) is 5.26 Å². The molecule has 3 nitrogen and oxygen atoms in total. The van der Waals surface area contributed by atoms with Gasteiger partial charge in [0.2, 0.25) is 0 Å². The Bertz CT molecular complexity index is 417. The Hall–Kier alpha value is -1.24. The molecule has 16 heavy (non-hydrogen) atoms. The minimum Gasteiger partial charge on any atom is -0.369 e. The van der Waals surface area contributed by atoms with Crippen LogP contribution in [0, 0.1) is 11.3 Å². The van der Waals surface area contributed by atoms with Crippen molar-refractivity contribution < 1.29 is 0 Å². The molecule has 0 spiro atoms. The molecule has 0 aliphatic carbocycles. The van der Waals surface area contributed by atoms with Gasteiger partial charge < -0.3 is 9.80 Å². The van der Waals surface area contributed by atoms with E-state index in [0.717, 1.165) is 31.9 Å². The summed E-state index contributed by atoms with van der Waals surface area (Å²) in [5, 5.41) is 9.45. The molecule has 0 radical (unpaired) electrons. The van der Waals surface area contributed by atoms with Gasteiger partial charge in [0.25, 0.3) is 0 Å². The molecule has 0 N–H and O–H groups in total. The predicted molar refractivity (Wildman–Crippen MR) is 65.9 cm³/mol. The van der Waals surface area contributed by atoms with E-state index in [1.165, 1.54) is 0 Å². The van der Waals surface area contributed by atoms with E-state index in [2.05, 4.69) is 22.9 Å². The highest BCUT2D eigenvalue weighted by molar-refractivity contribution is 6.31. The zero-order valence-corrected chi connectivity index (χ0v) is 10.0. The van der Waals surface area contributed by atoms with Crippen LogP contribution in [0.15, 0.2) is 18.2 Å². The van der Waals surface area contributed by atoms with E-state index in [-0.39, 0.29) is 0 Å². The van der Waals surface area contributed by atoms with Crippen LogP contribution in [0.5, 0.6) is 0 Å². The minimum atomic E-state index is 0.528. The molecule has 1 saturated heterocycles. The number of hydrogen-bond acceptors (Lipinski definition) is 3. The Morgan fingerprint density at radius 3 is 2.56 bits per heavy atom. The number of halogens is 1. The fraction of sp³-hybridized carbons (Fsp3) is 0.417. The highest BCUT2D eigenvalue weighted by Crippen LogP contribution is 2.23. The maximum atomic E-state index is 8.92. The number of likely N-dealkylation sites (N-methyl/N-ethyl adjacent to an activating group) is 1. The summed E-state index contributed by atoms with van der Waals surface area (Å²) in [6, 6.07) is 7.76. The highest BCUT2D eigenvalue weighted by Gasteiger charge is 2.14. The third-order valence-corrected chi connectivity index (χ3v) is 3.27. The summed E-state index contributed by atoms with van der Waals surface area (Å²) in [7, 11) is 2.12.